The Bertz CT molecular complexity index is 1730. The highest BCUT2D eigenvalue weighted by molar-refractivity contribution is 7.94. The van der Waals surface area contributed by atoms with Crippen LogP contribution in [0.15, 0.2) is 70.9 Å². The molecule has 4 aromatic rings. The number of halogens is 2. The zero-order valence-corrected chi connectivity index (χ0v) is 26.2. The third kappa shape index (κ3) is 7.30. The minimum Gasteiger partial charge on any atom is -0.748 e. The second-order valence-corrected chi connectivity index (χ2v) is 12.8. The number of rotatable bonds is 13. The fourth-order valence-corrected chi connectivity index (χ4v) is 6.32. The first-order valence-electron chi connectivity index (χ1n) is 13.5. The van der Waals surface area contributed by atoms with E-state index in [9.17, 15) is 18.2 Å². The average Bonchev–Trinajstić information content (AvgIpc) is 3.46. The van der Waals surface area contributed by atoms with Crippen LogP contribution in [-0.4, -0.2) is 37.6 Å². The third-order valence-electron chi connectivity index (χ3n) is 7.02. The molecule has 0 aliphatic carbocycles. The molecule has 0 saturated heterocycles. The lowest BCUT2D eigenvalue weighted by Gasteiger charge is -2.24. The van der Waals surface area contributed by atoms with Gasteiger partial charge >= 0.3 is 5.89 Å². The lowest BCUT2D eigenvalue weighted by atomic mass is 10.1. The average molecular weight is 666 g/mol. The standard InChI is InChI=1S/C29H29Cl2N3O7S2/c1-2-32-24-17-22(30)23(31)18-25(24)33(12-6-14-42-41-40-35)28(32)19-29-34(13-7-15-43(36,37)38)26-16-21(10-11-27(26)39-29)20-8-4-3-5-9-20/h3-5,8-11,16-19H,2,6-7,12-15H2,1H3,(H-,35,36,37,38)/p-1. The molecule has 0 fully saturated rings. The number of anilines is 2. The summed E-state index contributed by atoms with van der Waals surface area (Å²) in [5.74, 6) is 1.26. The molecule has 1 aliphatic heterocycles. The van der Waals surface area contributed by atoms with Crippen molar-refractivity contribution in [1.29, 1.82) is 0 Å². The predicted octanol–water partition coefficient (Wildman–Crippen LogP) is 5.54. The second-order valence-electron chi connectivity index (χ2n) is 9.72. The van der Waals surface area contributed by atoms with E-state index in [1.807, 2.05) is 78.2 Å². The van der Waals surface area contributed by atoms with Crippen LogP contribution in [0.4, 0.5) is 11.4 Å². The molecule has 1 aliphatic rings. The van der Waals surface area contributed by atoms with Crippen molar-refractivity contribution in [3.63, 3.8) is 0 Å². The molecule has 0 atom stereocenters. The van der Waals surface area contributed by atoms with Crippen LogP contribution >= 0.6 is 35.2 Å². The van der Waals surface area contributed by atoms with Crippen molar-refractivity contribution >= 4 is 73.9 Å². The summed E-state index contributed by atoms with van der Waals surface area (Å²) in [6, 6.07) is 19.4. The number of aryl methyl sites for hydroxylation is 1. The summed E-state index contributed by atoms with van der Waals surface area (Å²) in [4.78, 5) is 4.16. The molecular formula is C29H28Cl2N3O7S2-. The first-order valence-corrected chi connectivity index (χ1v) is 16.7. The molecule has 0 amide bonds. The van der Waals surface area contributed by atoms with E-state index in [1.165, 1.54) is 0 Å². The summed E-state index contributed by atoms with van der Waals surface area (Å²) < 4.78 is 46.9. The Balaban J connectivity index is 1.60. The predicted molar refractivity (Wildman–Crippen MR) is 165 cm³/mol. The van der Waals surface area contributed by atoms with Gasteiger partial charge in [0, 0.05) is 49.1 Å². The number of hydrogen-bond acceptors (Lipinski definition) is 10. The Kier molecular flexibility index (Phi) is 10.2. The van der Waals surface area contributed by atoms with E-state index in [-0.39, 0.29) is 13.0 Å². The molecule has 43 heavy (non-hydrogen) atoms. The van der Waals surface area contributed by atoms with Gasteiger partial charge < -0.3 is 24.0 Å². The number of fused-ring (bicyclic) bond motifs is 2. The molecule has 2 heterocycles. The summed E-state index contributed by atoms with van der Waals surface area (Å²) >= 11 is 13.8. The van der Waals surface area contributed by atoms with Crippen molar-refractivity contribution in [3.05, 3.63) is 82.4 Å². The van der Waals surface area contributed by atoms with Gasteiger partial charge in [-0.3, -0.25) is 5.04 Å². The molecule has 5 rings (SSSR count). The van der Waals surface area contributed by atoms with E-state index in [0.29, 0.717) is 46.8 Å². The maximum Gasteiger partial charge on any atom is 0.377 e. The van der Waals surface area contributed by atoms with Crippen molar-refractivity contribution in [3.8, 4) is 11.1 Å². The van der Waals surface area contributed by atoms with E-state index >= 15 is 0 Å². The first-order chi connectivity index (χ1) is 20.7. The maximum atomic E-state index is 11.4. The molecule has 10 nitrogen and oxygen atoms in total. The third-order valence-corrected chi connectivity index (χ3v) is 9.14. The summed E-state index contributed by atoms with van der Waals surface area (Å²) in [7, 11) is -4.39. The Morgan fingerprint density at radius 1 is 1.00 bits per heavy atom. The number of hydrogen-bond donors (Lipinski definition) is 0. The fourth-order valence-electron chi connectivity index (χ4n) is 5.17. The van der Waals surface area contributed by atoms with E-state index in [1.54, 1.807) is 0 Å². The van der Waals surface area contributed by atoms with Crippen LogP contribution in [0.5, 0.6) is 0 Å². The molecule has 0 radical (unpaired) electrons. The van der Waals surface area contributed by atoms with E-state index < -0.39 is 15.9 Å². The van der Waals surface area contributed by atoms with Crippen molar-refractivity contribution in [2.24, 2.45) is 0 Å². The highest BCUT2D eigenvalue weighted by atomic mass is 35.5. The van der Waals surface area contributed by atoms with E-state index in [2.05, 4.69) is 19.2 Å². The van der Waals surface area contributed by atoms with Crippen molar-refractivity contribution in [1.82, 2.24) is 0 Å². The molecule has 0 bridgehead atoms. The van der Waals surface area contributed by atoms with Crippen LogP contribution in [0, 0.1) is 0 Å². The zero-order valence-electron chi connectivity index (χ0n) is 23.1. The van der Waals surface area contributed by atoms with Gasteiger partial charge in [-0.25, -0.2) is 8.42 Å². The van der Waals surface area contributed by atoms with Crippen LogP contribution in [0.3, 0.4) is 0 Å². The van der Waals surface area contributed by atoms with Gasteiger partial charge in [-0.15, -0.1) is 0 Å². The van der Waals surface area contributed by atoms with Crippen LogP contribution < -0.4 is 19.6 Å². The van der Waals surface area contributed by atoms with Crippen molar-refractivity contribution < 1.29 is 36.6 Å². The van der Waals surface area contributed by atoms with Gasteiger partial charge in [0.1, 0.15) is 5.82 Å². The first kappa shape index (κ1) is 31.6. The molecule has 228 valence electrons. The van der Waals surface area contributed by atoms with Crippen LogP contribution in [0.25, 0.3) is 28.3 Å². The highest BCUT2D eigenvalue weighted by Gasteiger charge is 2.34. The second kappa shape index (κ2) is 13.9. The molecule has 0 unspecified atom stereocenters. The Labute approximate surface area is 263 Å². The molecule has 3 aromatic carbocycles. The Hall–Kier alpha value is -2.81. The largest absolute Gasteiger partial charge is 0.748 e. The van der Waals surface area contributed by atoms with Gasteiger partial charge in [-0.2, -0.15) is 8.90 Å². The van der Waals surface area contributed by atoms with Crippen molar-refractivity contribution in [2.75, 3.05) is 34.4 Å². The van der Waals surface area contributed by atoms with Gasteiger partial charge in [-0.1, -0.05) is 59.6 Å². The lowest BCUT2D eigenvalue weighted by Crippen LogP contribution is -2.37. The number of nitrogens with zero attached hydrogens (tertiary/aromatic N) is 3. The van der Waals surface area contributed by atoms with Gasteiger partial charge in [-0.05, 0) is 42.7 Å². The zero-order chi connectivity index (χ0) is 30.6. The van der Waals surface area contributed by atoms with E-state index in [0.717, 1.165) is 45.9 Å². The SMILES string of the molecule is CCN1/C(=C\c2oc3ccc(-c4ccccc4)cc3[n+]2CCCS(=O)(=O)[O-])N(CCCSOO[O-])c2cc(Cl)c(Cl)cc21. The highest BCUT2D eigenvalue weighted by Crippen LogP contribution is 2.46. The Morgan fingerprint density at radius 2 is 1.72 bits per heavy atom. The molecule has 14 heteroatoms. The van der Waals surface area contributed by atoms with Gasteiger partial charge in [0.05, 0.1) is 37.6 Å². The monoisotopic (exact) mass is 664 g/mol. The van der Waals surface area contributed by atoms with E-state index in [4.69, 9.17) is 27.6 Å². The van der Waals surface area contributed by atoms with Crippen LogP contribution in [-0.2, 0) is 26.0 Å². The fraction of sp³-hybridized carbons (Fsp3) is 0.276. The minimum atomic E-state index is -4.39. The van der Waals surface area contributed by atoms with Gasteiger partial charge in [0.2, 0.25) is 5.58 Å². The van der Waals surface area contributed by atoms with Gasteiger partial charge in [0.25, 0.3) is 5.52 Å². The molecule has 0 N–H and O–H groups in total. The summed E-state index contributed by atoms with van der Waals surface area (Å²) in [6.07, 6.45) is 2.64. The van der Waals surface area contributed by atoms with Crippen LogP contribution in [0.2, 0.25) is 10.0 Å². The quantitative estimate of drug-likeness (QED) is 0.0450. The Morgan fingerprint density at radius 3 is 2.40 bits per heavy atom. The molecule has 0 spiro atoms. The number of benzene rings is 3. The number of oxazole rings is 1. The molecule has 0 saturated carbocycles. The van der Waals surface area contributed by atoms with Crippen LogP contribution in [0.1, 0.15) is 25.7 Å². The van der Waals surface area contributed by atoms with Crippen molar-refractivity contribution in [2.45, 2.75) is 26.3 Å². The smallest absolute Gasteiger partial charge is 0.377 e. The maximum absolute atomic E-state index is 11.4. The summed E-state index contributed by atoms with van der Waals surface area (Å²) in [5, 5.41) is 14.5. The lowest BCUT2D eigenvalue weighted by molar-refractivity contribution is -0.777. The number of aromatic nitrogens is 1. The molecule has 1 aromatic heterocycles. The summed E-state index contributed by atoms with van der Waals surface area (Å²) in [5.41, 5.74) is 5.07. The molecular weight excluding hydrogens is 637 g/mol. The topological polar surface area (TPSA) is 122 Å². The normalized spacial score (nSPS) is 14.3. The minimum absolute atomic E-state index is 0.114. The summed E-state index contributed by atoms with van der Waals surface area (Å²) in [6.45, 7) is 3.39. The van der Waals surface area contributed by atoms with Gasteiger partial charge in [0.15, 0.2) is 6.54 Å².